The molecule has 0 bridgehead atoms. The van der Waals surface area contributed by atoms with Crippen molar-refractivity contribution >= 4 is 5.78 Å². The molecule has 0 spiro atoms. The number of hydrogen-bond donors (Lipinski definition) is 0. The van der Waals surface area contributed by atoms with E-state index in [-0.39, 0.29) is 5.56 Å². The maximum atomic E-state index is 13.6. The zero-order valence-corrected chi connectivity index (χ0v) is 11.1. The Labute approximate surface area is 115 Å². The van der Waals surface area contributed by atoms with Crippen molar-refractivity contribution in [1.29, 1.82) is 0 Å². The number of ketones is 1. The largest absolute Gasteiger partial charge is 0.288 e. The van der Waals surface area contributed by atoms with Gasteiger partial charge < -0.3 is 0 Å². The molecule has 0 saturated carbocycles. The molecule has 0 amide bonds. The van der Waals surface area contributed by atoms with Crippen molar-refractivity contribution in [1.82, 2.24) is 0 Å². The molecule has 0 N–H and O–H groups in total. The van der Waals surface area contributed by atoms with Gasteiger partial charge in [-0.2, -0.15) is 0 Å². The number of halogens is 3. The third kappa shape index (κ3) is 2.74. The van der Waals surface area contributed by atoms with Gasteiger partial charge in [0.05, 0.1) is 5.56 Å². The molecular formula is C16H13F3O. The van der Waals surface area contributed by atoms with Gasteiger partial charge in [-0.25, -0.2) is 13.2 Å². The van der Waals surface area contributed by atoms with Crippen LogP contribution in [-0.4, -0.2) is 5.78 Å². The minimum atomic E-state index is -1.19. The van der Waals surface area contributed by atoms with Gasteiger partial charge in [0.2, 0.25) is 0 Å². The molecular weight excluding hydrogens is 265 g/mol. The van der Waals surface area contributed by atoms with Crippen LogP contribution in [0.25, 0.3) is 0 Å². The molecule has 20 heavy (non-hydrogen) atoms. The molecule has 0 saturated heterocycles. The fourth-order valence-electron chi connectivity index (χ4n) is 1.92. The van der Waals surface area contributed by atoms with Crippen LogP contribution in [0.3, 0.4) is 0 Å². The third-order valence-electron chi connectivity index (χ3n) is 3.07. The predicted molar refractivity (Wildman–Crippen MR) is 70.3 cm³/mol. The Morgan fingerprint density at radius 3 is 1.90 bits per heavy atom. The van der Waals surface area contributed by atoms with Crippen LogP contribution < -0.4 is 0 Å². The third-order valence-corrected chi connectivity index (χ3v) is 3.07. The lowest BCUT2D eigenvalue weighted by molar-refractivity contribution is 0.103. The Morgan fingerprint density at radius 1 is 0.950 bits per heavy atom. The second kappa shape index (κ2) is 5.49. The summed E-state index contributed by atoms with van der Waals surface area (Å²) in [6.45, 7) is 3.99. The van der Waals surface area contributed by atoms with E-state index in [4.69, 9.17) is 0 Å². The van der Waals surface area contributed by atoms with Crippen molar-refractivity contribution in [3.63, 3.8) is 0 Å². The monoisotopic (exact) mass is 278 g/mol. The first kappa shape index (κ1) is 14.3. The number of carbonyl (C=O) groups is 1. The number of rotatable bonds is 3. The van der Waals surface area contributed by atoms with Crippen LogP contribution in [-0.2, 0) is 0 Å². The maximum absolute atomic E-state index is 13.6. The summed E-state index contributed by atoms with van der Waals surface area (Å²) in [7, 11) is 0. The lowest BCUT2D eigenvalue weighted by Crippen LogP contribution is -2.08. The number of carbonyl (C=O) groups excluding carboxylic acids is 1. The van der Waals surface area contributed by atoms with Gasteiger partial charge in [-0.05, 0) is 11.5 Å². The predicted octanol–water partition coefficient (Wildman–Crippen LogP) is 4.46. The van der Waals surface area contributed by atoms with E-state index in [9.17, 15) is 18.0 Å². The van der Waals surface area contributed by atoms with Gasteiger partial charge in [0, 0.05) is 17.7 Å². The summed E-state index contributed by atoms with van der Waals surface area (Å²) in [6, 6.07) is 7.49. The van der Waals surface area contributed by atoms with Crippen molar-refractivity contribution in [3.05, 3.63) is 70.5 Å². The molecule has 0 atom stereocenters. The smallest absolute Gasteiger partial charge is 0.198 e. The molecule has 0 aliphatic rings. The molecule has 0 fully saturated rings. The van der Waals surface area contributed by atoms with E-state index in [1.54, 1.807) is 12.1 Å². The molecule has 0 aliphatic carbocycles. The van der Waals surface area contributed by atoms with E-state index in [2.05, 4.69) is 0 Å². The fourth-order valence-corrected chi connectivity index (χ4v) is 1.92. The second-order valence-electron chi connectivity index (χ2n) is 4.85. The van der Waals surface area contributed by atoms with Crippen molar-refractivity contribution in [2.75, 3.05) is 0 Å². The van der Waals surface area contributed by atoms with Crippen LogP contribution in [0.2, 0.25) is 0 Å². The lowest BCUT2D eigenvalue weighted by Gasteiger charge is -2.08. The summed E-state index contributed by atoms with van der Waals surface area (Å²) in [6.07, 6.45) is 0. The fraction of sp³-hybridized carbons (Fsp3) is 0.188. The van der Waals surface area contributed by atoms with Crippen molar-refractivity contribution in [2.45, 2.75) is 19.8 Å². The molecule has 2 rings (SSSR count). The Bertz CT molecular complexity index is 622. The van der Waals surface area contributed by atoms with Gasteiger partial charge in [0.25, 0.3) is 0 Å². The first-order chi connectivity index (χ1) is 9.40. The van der Waals surface area contributed by atoms with Gasteiger partial charge in [-0.15, -0.1) is 0 Å². The summed E-state index contributed by atoms with van der Waals surface area (Å²) in [5.41, 5.74) is 0.448. The molecule has 0 radical (unpaired) electrons. The first-order valence-corrected chi connectivity index (χ1v) is 6.19. The van der Waals surface area contributed by atoms with Crippen molar-refractivity contribution in [3.8, 4) is 0 Å². The second-order valence-corrected chi connectivity index (χ2v) is 4.85. The molecule has 0 aliphatic heterocycles. The highest BCUT2D eigenvalue weighted by atomic mass is 19.1. The van der Waals surface area contributed by atoms with Crippen molar-refractivity contribution in [2.24, 2.45) is 0 Å². The summed E-state index contributed by atoms with van der Waals surface area (Å²) >= 11 is 0. The highest BCUT2D eigenvalue weighted by molar-refractivity contribution is 6.09. The average molecular weight is 278 g/mol. The molecule has 2 aromatic carbocycles. The van der Waals surface area contributed by atoms with Crippen LogP contribution in [0.4, 0.5) is 13.2 Å². The summed E-state index contributed by atoms with van der Waals surface area (Å²) < 4.78 is 39.9. The molecule has 4 heteroatoms. The highest BCUT2D eigenvalue weighted by Gasteiger charge is 2.20. The average Bonchev–Trinajstić information content (AvgIpc) is 2.37. The van der Waals surface area contributed by atoms with Crippen LogP contribution in [0.1, 0.15) is 41.3 Å². The van der Waals surface area contributed by atoms with E-state index in [1.807, 2.05) is 13.8 Å². The van der Waals surface area contributed by atoms with Gasteiger partial charge in [0.15, 0.2) is 5.78 Å². The van der Waals surface area contributed by atoms with Crippen LogP contribution in [0.5, 0.6) is 0 Å². The molecule has 0 unspecified atom stereocenters. The quantitative estimate of drug-likeness (QED) is 0.758. The summed E-state index contributed by atoms with van der Waals surface area (Å²) in [4.78, 5) is 12.1. The SMILES string of the molecule is CC(C)c1ccc(C(=O)c2c(F)cc(F)cc2F)cc1. The Morgan fingerprint density at radius 2 is 1.45 bits per heavy atom. The topological polar surface area (TPSA) is 17.1 Å². The molecule has 1 nitrogen and oxygen atoms in total. The zero-order chi connectivity index (χ0) is 14.9. The first-order valence-electron chi connectivity index (χ1n) is 6.19. The van der Waals surface area contributed by atoms with Gasteiger partial charge in [0.1, 0.15) is 17.5 Å². The van der Waals surface area contributed by atoms with E-state index in [0.717, 1.165) is 5.56 Å². The standard InChI is InChI=1S/C16H13F3O/c1-9(2)10-3-5-11(6-4-10)16(20)15-13(18)7-12(17)8-14(15)19/h3-9H,1-2H3. The Balaban J connectivity index is 2.41. The summed E-state index contributed by atoms with van der Waals surface area (Å²) in [5, 5.41) is 0. The molecule has 104 valence electrons. The summed E-state index contributed by atoms with van der Waals surface area (Å²) in [5.74, 6) is -3.94. The van der Waals surface area contributed by atoms with E-state index < -0.39 is 28.8 Å². The van der Waals surface area contributed by atoms with Crippen LogP contribution >= 0.6 is 0 Å². The maximum Gasteiger partial charge on any atom is 0.198 e. The van der Waals surface area contributed by atoms with Gasteiger partial charge >= 0.3 is 0 Å². The van der Waals surface area contributed by atoms with Crippen LogP contribution in [0.15, 0.2) is 36.4 Å². The van der Waals surface area contributed by atoms with Gasteiger partial charge in [-0.1, -0.05) is 38.1 Å². The van der Waals surface area contributed by atoms with E-state index in [1.165, 1.54) is 12.1 Å². The highest BCUT2D eigenvalue weighted by Crippen LogP contribution is 2.21. The van der Waals surface area contributed by atoms with Gasteiger partial charge in [-0.3, -0.25) is 4.79 Å². The normalized spacial score (nSPS) is 10.9. The van der Waals surface area contributed by atoms with Crippen LogP contribution in [0, 0.1) is 17.5 Å². The zero-order valence-electron chi connectivity index (χ0n) is 11.1. The molecule has 2 aromatic rings. The van der Waals surface area contributed by atoms with Crippen molar-refractivity contribution < 1.29 is 18.0 Å². The molecule has 0 heterocycles. The Kier molecular flexibility index (Phi) is 3.93. The van der Waals surface area contributed by atoms with E-state index >= 15 is 0 Å². The Hall–Kier alpha value is -2.10. The minimum absolute atomic E-state index is 0.166. The minimum Gasteiger partial charge on any atom is -0.288 e. The number of benzene rings is 2. The lowest BCUT2D eigenvalue weighted by atomic mass is 9.97. The number of hydrogen-bond acceptors (Lipinski definition) is 1. The van der Waals surface area contributed by atoms with E-state index in [0.29, 0.717) is 18.1 Å². The molecule has 0 aromatic heterocycles.